The van der Waals surface area contributed by atoms with E-state index in [2.05, 4.69) is 33.2 Å². The van der Waals surface area contributed by atoms with Gasteiger partial charge in [-0.05, 0) is 49.5 Å². The van der Waals surface area contributed by atoms with E-state index in [4.69, 9.17) is 9.72 Å². The molecule has 1 atom stereocenters. The minimum Gasteiger partial charge on any atom is -0.371 e. The molecule has 20 heavy (non-hydrogen) atoms. The number of rotatable bonds is 6. The molecule has 2 rings (SSSR count). The Kier molecular flexibility index (Phi) is 5.78. The summed E-state index contributed by atoms with van der Waals surface area (Å²) in [6, 6.07) is 0. The number of nitrogens with one attached hydrogen (secondary N) is 1. The first-order valence-corrected chi connectivity index (χ1v) is 8.39. The van der Waals surface area contributed by atoms with Crippen LogP contribution in [0.1, 0.15) is 70.0 Å². The summed E-state index contributed by atoms with van der Waals surface area (Å²) in [6.45, 7) is 7.62. The highest BCUT2D eigenvalue weighted by Crippen LogP contribution is 2.39. The third-order valence-electron chi connectivity index (χ3n) is 3.76. The Labute approximate surface area is 129 Å². The van der Waals surface area contributed by atoms with Crippen LogP contribution in [0.25, 0.3) is 0 Å². The number of aromatic nitrogens is 2. The van der Waals surface area contributed by atoms with Crippen molar-refractivity contribution in [2.75, 3.05) is 18.5 Å². The molecule has 1 aliphatic carbocycles. The normalized spacial score (nSPS) is 17.4. The molecular weight excluding hydrogens is 318 g/mol. The fourth-order valence-electron chi connectivity index (χ4n) is 2.74. The van der Waals surface area contributed by atoms with Gasteiger partial charge in [0.05, 0.1) is 10.2 Å². The van der Waals surface area contributed by atoms with E-state index in [-0.39, 0.29) is 6.10 Å². The predicted molar refractivity (Wildman–Crippen MR) is 85.1 cm³/mol. The summed E-state index contributed by atoms with van der Waals surface area (Å²) in [7, 11) is 0. The molecule has 1 aromatic heterocycles. The zero-order chi connectivity index (χ0) is 14.5. The second-order valence-corrected chi connectivity index (χ2v) is 6.03. The summed E-state index contributed by atoms with van der Waals surface area (Å²) in [5.41, 5.74) is 1.15. The van der Waals surface area contributed by atoms with E-state index in [1.165, 1.54) is 25.7 Å². The standard InChI is InChI=1S/C15H24BrN3O/c1-4-17-15-12(16)13(11-8-6-7-9-11)18-14(19-15)10(3)20-5-2/h10-11H,4-9H2,1-3H3,(H,17,18,19). The Morgan fingerprint density at radius 2 is 2.00 bits per heavy atom. The van der Waals surface area contributed by atoms with Crippen LogP contribution in [0.15, 0.2) is 4.47 Å². The van der Waals surface area contributed by atoms with Crippen LogP contribution in [0, 0.1) is 0 Å². The van der Waals surface area contributed by atoms with E-state index in [1.54, 1.807) is 0 Å². The topological polar surface area (TPSA) is 47.0 Å². The molecule has 0 amide bonds. The number of halogens is 1. The van der Waals surface area contributed by atoms with Gasteiger partial charge in [-0.3, -0.25) is 0 Å². The molecule has 0 aromatic carbocycles. The Morgan fingerprint density at radius 1 is 1.30 bits per heavy atom. The monoisotopic (exact) mass is 341 g/mol. The SMILES string of the molecule is CCNc1nc(C(C)OCC)nc(C2CCCC2)c1Br. The van der Waals surface area contributed by atoms with Crippen molar-refractivity contribution in [3.8, 4) is 0 Å². The zero-order valence-corrected chi connectivity index (χ0v) is 14.2. The lowest BCUT2D eigenvalue weighted by Crippen LogP contribution is -2.13. The highest BCUT2D eigenvalue weighted by Gasteiger charge is 2.25. The van der Waals surface area contributed by atoms with Gasteiger partial charge < -0.3 is 10.1 Å². The first-order valence-electron chi connectivity index (χ1n) is 7.60. The fraction of sp³-hybridized carbons (Fsp3) is 0.733. The largest absolute Gasteiger partial charge is 0.371 e. The van der Waals surface area contributed by atoms with Crippen LogP contribution in [-0.2, 0) is 4.74 Å². The van der Waals surface area contributed by atoms with Gasteiger partial charge in [0, 0.05) is 19.1 Å². The number of anilines is 1. The number of nitrogens with zero attached hydrogens (tertiary/aromatic N) is 2. The van der Waals surface area contributed by atoms with Crippen molar-refractivity contribution >= 4 is 21.7 Å². The minimum absolute atomic E-state index is 0.0642. The van der Waals surface area contributed by atoms with Gasteiger partial charge in [0.2, 0.25) is 0 Å². The van der Waals surface area contributed by atoms with Crippen molar-refractivity contribution in [1.82, 2.24) is 9.97 Å². The predicted octanol–water partition coefficient (Wildman–Crippen LogP) is 4.43. The molecule has 0 aliphatic heterocycles. The smallest absolute Gasteiger partial charge is 0.159 e. The van der Waals surface area contributed by atoms with E-state index >= 15 is 0 Å². The number of hydrogen-bond acceptors (Lipinski definition) is 4. The molecule has 1 saturated carbocycles. The second kappa shape index (κ2) is 7.36. The highest BCUT2D eigenvalue weighted by atomic mass is 79.9. The maximum absolute atomic E-state index is 5.65. The minimum atomic E-state index is -0.0642. The van der Waals surface area contributed by atoms with Gasteiger partial charge in [-0.2, -0.15) is 0 Å². The van der Waals surface area contributed by atoms with E-state index in [9.17, 15) is 0 Å². The molecule has 1 unspecified atom stereocenters. The highest BCUT2D eigenvalue weighted by molar-refractivity contribution is 9.10. The molecule has 1 heterocycles. The van der Waals surface area contributed by atoms with E-state index < -0.39 is 0 Å². The Bertz CT molecular complexity index is 447. The molecule has 0 bridgehead atoms. The Balaban J connectivity index is 2.37. The summed E-state index contributed by atoms with van der Waals surface area (Å²) < 4.78 is 6.68. The molecule has 4 nitrogen and oxygen atoms in total. The molecule has 1 fully saturated rings. The third kappa shape index (κ3) is 3.50. The van der Waals surface area contributed by atoms with Crippen LogP contribution >= 0.6 is 15.9 Å². The Morgan fingerprint density at radius 3 is 2.60 bits per heavy atom. The lowest BCUT2D eigenvalue weighted by Gasteiger charge is -2.18. The lowest BCUT2D eigenvalue weighted by molar-refractivity contribution is 0.0699. The van der Waals surface area contributed by atoms with Crippen LogP contribution in [0.3, 0.4) is 0 Å². The van der Waals surface area contributed by atoms with Crippen LogP contribution in [0.5, 0.6) is 0 Å². The van der Waals surface area contributed by atoms with Crippen LogP contribution in [0.4, 0.5) is 5.82 Å². The average molecular weight is 342 g/mol. The summed E-state index contributed by atoms with van der Waals surface area (Å²) in [5.74, 6) is 2.23. The van der Waals surface area contributed by atoms with Crippen molar-refractivity contribution in [3.63, 3.8) is 0 Å². The van der Waals surface area contributed by atoms with Gasteiger partial charge in [-0.15, -0.1) is 0 Å². The molecule has 1 N–H and O–H groups in total. The number of ether oxygens (including phenoxy) is 1. The second-order valence-electron chi connectivity index (χ2n) is 5.24. The summed E-state index contributed by atoms with van der Waals surface area (Å²) in [6.07, 6.45) is 4.99. The van der Waals surface area contributed by atoms with E-state index in [0.29, 0.717) is 12.5 Å². The lowest BCUT2D eigenvalue weighted by atomic mass is 10.0. The van der Waals surface area contributed by atoms with Crippen LogP contribution < -0.4 is 5.32 Å². The fourth-order valence-corrected chi connectivity index (χ4v) is 3.38. The third-order valence-corrected chi connectivity index (χ3v) is 4.54. The summed E-state index contributed by atoms with van der Waals surface area (Å²) in [4.78, 5) is 9.41. The summed E-state index contributed by atoms with van der Waals surface area (Å²) in [5, 5.41) is 3.32. The molecule has 0 radical (unpaired) electrons. The first-order chi connectivity index (χ1) is 9.67. The van der Waals surface area contributed by atoms with Crippen LogP contribution in [0.2, 0.25) is 0 Å². The summed E-state index contributed by atoms with van der Waals surface area (Å²) >= 11 is 3.69. The van der Waals surface area contributed by atoms with Gasteiger partial charge in [0.15, 0.2) is 5.82 Å². The van der Waals surface area contributed by atoms with Gasteiger partial charge in [-0.1, -0.05) is 12.8 Å². The van der Waals surface area contributed by atoms with Crippen molar-refractivity contribution < 1.29 is 4.74 Å². The van der Waals surface area contributed by atoms with Gasteiger partial charge in [0.1, 0.15) is 11.9 Å². The molecule has 1 aliphatic rings. The van der Waals surface area contributed by atoms with Crippen LogP contribution in [-0.4, -0.2) is 23.1 Å². The number of hydrogen-bond donors (Lipinski definition) is 1. The maximum Gasteiger partial charge on any atom is 0.159 e. The van der Waals surface area contributed by atoms with Gasteiger partial charge in [-0.25, -0.2) is 9.97 Å². The average Bonchev–Trinajstić information content (AvgIpc) is 2.95. The molecule has 1 aromatic rings. The maximum atomic E-state index is 5.65. The van der Waals surface area contributed by atoms with Crippen molar-refractivity contribution in [3.05, 3.63) is 16.0 Å². The van der Waals surface area contributed by atoms with E-state index in [0.717, 1.165) is 28.4 Å². The molecule has 0 spiro atoms. The molecule has 5 heteroatoms. The van der Waals surface area contributed by atoms with Crippen molar-refractivity contribution in [2.45, 2.75) is 58.5 Å². The van der Waals surface area contributed by atoms with Gasteiger partial charge in [0.25, 0.3) is 0 Å². The first kappa shape index (κ1) is 15.7. The quantitative estimate of drug-likeness (QED) is 0.831. The van der Waals surface area contributed by atoms with E-state index in [1.807, 2.05) is 13.8 Å². The zero-order valence-electron chi connectivity index (χ0n) is 12.6. The molecule has 0 saturated heterocycles. The van der Waals surface area contributed by atoms with Gasteiger partial charge >= 0.3 is 0 Å². The van der Waals surface area contributed by atoms with Crippen molar-refractivity contribution in [2.24, 2.45) is 0 Å². The molecular formula is C15H24BrN3O. The Hall–Kier alpha value is -0.680. The molecule has 112 valence electrons. The van der Waals surface area contributed by atoms with Crippen molar-refractivity contribution in [1.29, 1.82) is 0 Å².